The van der Waals surface area contributed by atoms with E-state index in [0.29, 0.717) is 19.3 Å². The molecule has 1 aliphatic heterocycles. The minimum Gasteiger partial charge on any atom is -0.493 e. The molecule has 2 aliphatic carbocycles. The van der Waals surface area contributed by atoms with Gasteiger partial charge in [0.05, 0.1) is 25.4 Å². The van der Waals surface area contributed by atoms with Gasteiger partial charge in [-0.05, 0) is 51.9 Å². The third kappa shape index (κ3) is 7.22. The summed E-state index contributed by atoms with van der Waals surface area (Å²) < 4.78 is 29.4. The predicted octanol–water partition coefficient (Wildman–Crippen LogP) is 3.89. The highest BCUT2D eigenvalue weighted by atomic mass is 16.6. The van der Waals surface area contributed by atoms with Crippen molar-refractivity contribution in [1.82, 2.24) is 10.3 Å². The van der Waals surface area contributed by atoms with Crippen LogP contribution in [0.15, 0.2) is 12.3 Å². The van der Waals surface area contributed by atoms with Gasteiger partial charge in [-0.3, -0.25) is 9.59 Å². The molecule has 1 amide bonds. The Kier molecular flexibility index (Phi) is 9.96. The van der Waals surface area contributed by atoms with Crippen LogP contribution in [0.4, 0.5) is 0 Å². The van der Waals surface area contributed by atoms with Gasteiger partial charge in [-0.1, -0.05) is 25.7 Å². The first-order valence-corrected chi connectivity index (χ1v) is 13.9. The number of cyclic esters (lactones) is 1. The molecule has 0 radical (unpaired) electrons. The summed E-state index contributed by atoms with van der Waals surface area (Å²) in [5.41, 5.74) is -0.148. The van der Waals surface area contributed by atoms with Crippen molar-refractivity contribution in [1.29, 1.82) is 0 Å². The van der Waals surface area contributed by atoms with Gasteiger partial charge in [-0.25, -0.2) is 9.78 Å². The molecule has 4 rings (SSSR count). The molecule has 2 heterocycles. The van der Waals surface area contributed by atoms with Crippen LogP contribution in [0.1, 0.15) is 95.0 Å². The highest BCUT2D eigenvalue weighted by molar-refractivity contribution is 5.98. The molecule has 0 spiro atoms. The molecule has 10 nitrogen and oxygen atoms in total. The number of methoxy groups -OCH3 is 1. The smallest absolute Gasteiger partial charge is 0.329 e. The minimum absolute atomic E-state index is 0.0974. The quantitative estimate of drug-likeness (QED) is 0.497. The van der Waals surface area contributed by atoms with Gasteiger partial charge in [0.2, 0.25) is 5.75 Å². The van der Waals surface area contributed by atoms with E-state index in [9.17, 15) is 14.4 Å². The topological polar surface area (TPSA) is 122 Å². The molecule has 0 unspecified atom stereocenters. The number of rotatable bonds is 8. The van der Waals surface area contributed by atoms with Crippen molar-refractivity contribution in [2.75, 3.05) is 7.11 Å². The Morgan fingerprint density at radius 3 is 2.26 bits per heavy atom. The molecule has 1 saturated heterocycles. The lowest BCUT2D eigenvalue weighted by atomic mass is 10.0. The van der Waals surface area contributed by atoms with Crippen molar-refractivity contribution < 1.29 is 38.1 Å². The van der Waals surface area contributed by atoms with Gasteiger partial charge < -0.3 is 29.0 Å². The largest absolute Gasteiger partial charge is 0.493 e. The summed E-state index contributed by atoms with van der Waals surface area (Å²) in [6.07, 6.45) is 11.0. The summed E-state index contributed by atoms with van der Waals surface area (Å²) in [6.45, 7) is 3.06. The van der Waals surface area contributed by atoms with Crippen molar-refractivity contribution in [3.8, 4) is 11.5 Å². The monoisotopic (exact) mass is 532 g/mol. The van der Waals surface area contributed by atoms with Crippen LogP contribution < -0.4 is 14.8 Å². The zero-order valence-electron chi connectivity index (χ0n) is 22.6. The maximum Gasteiger partial charge on any atom is 0.329 e. The average Bonchev–Trinajstić information content (AvgIpc) is 3.60. The van der Waals surface area contributed by atoms with E-state index in [1.54, 1.807) is 0 Å². The molecule has 38 heavy (non-hydrogen) atoms. The van der Waals surface area contributed by atoms with Gasteiger partial charge in [-0.2, -0.15) is 0 Å². The number of nitrogens with zero attached hydrogens (tertiary/aromatic N) is 1. The first kappa shape index (κ1) is 28.3. The van der Waals surface area contributed by atoms with E-state index in [-0.39, 0.29) is 41.6 Å². The zero-order valence-corrected chi connectivity index (χ0v) is 22.6. The van der Waals surface area contributed by atoms with E-state index in [1.807, 2.05) is 6.92 Å². The van der Waals surface area contributed by atoms with E-state index in [4.69, 9.17) is 23.7 Å². The molecule has 1 N–H and O–H groups in total. The summed E-state index contributed by atoms with van der Waals surface area (Å²) in [5.74, 6) is -1.73. The van der Waals surface area contributed by atoms with Gasteiger partial charge in [0, 0.05) is 19.2 Å². The van der Waals surface area contributed by atoms with Crippen LogP contribution in [0.25, 0.3) is 0 Å². The fraction of sp³-hybridized carbons (Fsp3) is 0.714. The van der Waals surface area contributed by atoms with Crippen LogP contribution >= 0.6 is 0 Å². The summed E-state index contributed by atoms with van der Waals surface area (Å²) in [5, 5.41) is 2.74. The van der Waals surface area contributed by atoms with Gasteiger partial charge in [-0.15, -0.1) is 0 Å². The Hall–Kier alpha value is -2.72. The van der Waals surface area contributed by atoms with Gasteiger partial charge >= 0.3 is 11.9 Å². The van der Waals surface area contributed by atoms with E-state index in [2.05, 4.69) is 10.3 Å². The molecule has 0 bridgehead atoms. The number of hydrogen-bond acceptors (Lipinski definition) is 9. The third-order valence-corrected chi connectivity index (χ3v) is 7.57. The molecular formula is C28H40N2O8. The minimum atomic E-state index is -0.902. The Morgan fingerprint density at radius 2 is 1.63 bits per heavy atom. The molecule has 1 aromatic heterocycles. The van der Waals surface area contributed by atoms with Crippen LogP contribution in [-0.2, 0) is 23.8 Å². The SMILES string of the molecule is COc1ccnc(C(=O)N[C@H]2CCC[C@H](OC3CCCC3)[C@@H](OC3CCCC3)[C@H](C)OC2=O)c1OC(C)=O. The summed E-state index contributed by atoms with van der Waals surface area (Å²) in [6, 6.07) is 0.584. The van der Waals surface area contributed by atoms with E-state index in [0.717, 1.165) is 51.4 Å². The first-order valence-electron chi connectivity index (χ1n) is 13.9. The molecular weight excluding hydrogens is 492 g/mol. The van der Waals surface area contributed by atoms with Gasteiger partial charge in [0.15, 0.2) is 11.4 Å². The van der Waals surface area contributed by atoms with Crippen LogP contribution in [0.2, 0.25) is 0 Å². The number of carbonyl (C=O) groups is 3. The first-order chi connectivity index (χ1) is 18.4. The van der Waals surface area contributed by atoms with Gasteiger partial charge in [0.25, 0.3) is 5.91 Å². The van der Waals surface area contributed by atoms with Crippen LogP contribution in [0.5, 0.6) is 11.5 Å². The molecule has 3 fully saturated rings. The Balaban J connectivity index is 1.50. The highest BCUT2D eigenvalue weighted by Gasteiger charge is 2.39. The standard InChI is InChI=1S/C28H40N2O8/c1-17-25(38-20-11-6-7-12-20)23(37-19-9-4-5-10-19)14-8-13-21(28(33)35-17)30-27(32)24-26(36-18(2)31)22(34-3)15-16-29-24/h15-17,19-21,23,25H,4-14H2,1-3H3,(H,30,32)/t17-,21-,23-,25-/m0/s1. The van der Waals surface area contributed by atoms with Crippen LogP contribution in [0.3, 0.4) is 0 Å². The van der Waals surface area contributed by atoms with Gasteiger partial charge in [0.1, 0.15) is 18.2 Å². The number of carbonyl (C=O) groups excluding carboxylic acids is 3. The Morgan fingerprint density at radius 1 is 0.974 bits per heavy atom. The maximum atomic E-state index is 13.3. The Bertz CT molecular complexity index is 974. The molecule has 210 valence electrons. The van der Waals surface area contributed by atoms with E-state index < -0.39 is 30.0 Å². The van der Waals surface area contributed by atoms with Crippen LogP contribution in [0, 0.1) is 0 Å². The number of nitrogens with one attached hydrogen (secondary N) is 1. The van der Waals surface area contributed by atoms with E-state index >= 15 is 0 Å². The molecule has 2 saturated carbocycles. The number of ether oxygens (including phenoxy) is 5. The lowest BCUT2D eigenvalue weighted by molar-refractivity contribution is -0.180. The van der Waals surface area contributed by atoms with Crippen molar-refractivity contribution in [2.24, 2.45) is 0 Å². The fourth-order valence-electron chi connectivity index (χ4n) is 5.66. The number of hydrogen-bond donors (Lipinski definition) is 1. The lowest BCUT2D eigenvalue weighted by Gasteiger charge is -2.34. The normalized spacial score (nSPS) is 27.2. The van der Waals surface area contributed by atoms with Crippen molar-refractivity contribution in [2.45, 2.75) is 121 Å². The molecule has 10 heteroatoms. The predicted molar refractivity (Wildman–Crippen MR) is 137 cm³/mol. The molecule has 3 aliphatic rings. The number of amides is 1. The van der Waals surface area contributed by atoms with Crippen molar-refractivity contribution >= 4 is 17.8 Å². The van der Waals surface area contributed by atoms with Crippen molar-refractivity contribution in [3.05, 3.63) is 18.0 Å². The van der Waals surface area contributed by atoms with Crippen molar-refractivity contribution in [3.63, 3.8) is 0 Å². The number of aromatic nitrogens is 1. The zero-order chi connectivity index (χ0) is 27.1. The second kappa shape index (κ2) is 13.4. The summed E-state index contributed by atoms with van der Waals surface area (Å²) >= 11 is 0. The van der Waals surface area contributed by atoms with Crippen LogP contribution in [-0.4, -0.2) is 66.5 Å². The molecule has 4 atom stereocenters. The Labute approximate surface area is 224 Å². The lowest BCUT2D eigenvalue weighted by Crippen LogP contribution is -2.47. The van der Waals surface area contributed by atoms with E-state index in [1.165, 1.54) is 26.3 Å². The third-order valence-electron chi connectivity index (χ3n) is 7.57. The molecule has 1 aromatic rings. The maximum absolute atomic E-state index is 13.3. The second-order valence-electron chi connectivity index (χ2n) is 10.5. The number of pyridine rings is 1. The highest BCUT2D eigenvalue weighted by Crippen LogP contribution is 2.32. The summed E-state index contributed by atoms with van der Waals surface area (Å²) in [7, 11) is 1.40. The summed E-state index contributed by atoms with van der Waals surface area (Å²) in [4.78, 5) is 42.2. The fourth-order valence-corrected chi connectivity index (χ4v) is 5.66. The average molecular weight is 533 g/mol. The second-order valence-corrected chi connectivity index (χ2v) is 10.5. The molecule has 0 aromatic carbocycles. The number of esters is 2.